The number of nitrogens with zero attached hydrogens (tertiary/aromatic N) is 2. The number of carbonyl (C=O) groups is 1. The lowest BCUT2D eigenvalue weighted by atomic mass is 10.1. The highest BCUT2D eigenvalue weighted by Gasteiger charge is 2.19. The maximum atomic E-state index is 12.2. The molecular formula is C15H17N3O. The third-order valence-corrected chi connectivity index (χ3v) is 3.00. The third kappa shape index (κ3) is 3.39. The monoisotopic (exact) mass is 255 g/mol. The van der Waals surface area contributed by atoms with E-state index in [1.807, 2.05) is 30.3 Å². The molecule has 98 valence electrons. The van der Waals surface area contributed by atoms with Crippen LogP contribution in [0.4, 0.5) is 5.69 Å². The highest BCUT2D eigenvalue weighted by Crippen LogP contribution is 2.12. The Labute approximate surface area is 112 Å². The van der Waals surface area contributed by atoms with Crippen molar-refractivity contribution in [3.05, 3.63) is 60.4 Å². The van der Waals surface area contributed by atoms with Crippen LogP contribution in [0.15, 0.2) is 54.9 Å². The lowest BCUT2D eigenvalue weighted by Crippen LogP contribution is -2.43. The second-order valence-electron chi connectivity index (χ2n) is 4.40. The minimum atomic E-state index is -0.541. The Balaban J connectivity index is 2.03. The second kappa shape index (κ2) is 6.11. The summed E-state index contributed by atoms with van der Waals surface area (Å²) < 4.78 is 0. The van der Waals surface area contributed by atoms with Crippen LogP contribution in [0.1, 0.15) is 5.56 Å². The molecule has 0 aliphatic heterocycles. The molecule has 0 saturated carbocycles. The van der Waals surface area contributed by atoms with Crippen LogP contribution in [-0.2, 0) is 11.2 Å². The molecule has 1 aromatic carbocycles. The van der Waals surface area contributed by atoms with Gasteiger partial charge in [0, 0.05) is 25.1 Å². The largest absolute Gasteiger partial charge is 0.320 e. The summed E-state index contributed by atoms with van der Waals surface area (Å²) in [6, 6.07) is 12.8. The van der Waals surface area contributed by atoms with Gasteiger partial charge in [-0.2, -0.15) is 0 Å². The molecule has 1 amide bonds. The quantitative estimate of drug-likeness (QED) is 0.903. The minimum absolute atomic E-state index is 0.102. The van der Waals surface area contributed by atoms with Gasteiger partial charge in [-0.05, 0) is 24.1 Å². The molecule has 1 atom stereocenters. The van der Waals surface area contributed by atoms with Crippen molar-refractivity contribution in [2.24, 2.45) is 5.73 Å². The average molecular weight is 255 g/mol. The smallest absolute Gasteiger partial charge is 0.243 e. The van der Waals surface area contributed by atoms with E-state index in [4.69, 9.17) is 5.73 Å². The summed E-state index contributed by atoms with van der Waals surface area (Å²) >= 11 is 0. The van der Waals surface area contributed by atoms with Crippen molar-refractivity contribution in [1.82, 2.24) is 4.98 Å². The van der Waals surface area contributed by atoms with E-state index >= 15 is 0 Å². The Morgan fingerprint density at radius 1 is 1.21 bits per heavy atom. The highest BCUT2D eigenvalue weighted by molar-refractivity contribution is 5.96. The Kier molecular flexibility index (Phi) is 4.26. The molecule has 0 fully saturated rings. The van der Waals surface area contributed by atoms with Crippen molar-refractivity contribution < 1.29 is 4.79 Å². The van der Waals surface area contributed by atoms with Gasteiger partial charge in [-0.25, -0.2) is 0 Å². The number of pyridine rings is 1. The minimum Gasteiger partial charge on any atom is -0.320 e. The van der Waals surface area contributed by atoms with Gasteiger partial charge in [0.25, 0.3) is 0 Å². The standard InChI is InChI=1S/C15H17N3O/c1-18(13-7-9-17-10-8-13)15(19)14(16)11-12-5-3-2-4-6-12/h2-10,14H,11,16H2,1H3/t14-/m0/s1. The first kappa shape index (κ1) is 13.2. The molecule has 2 rings (SSSR count). The Morgan fingerprint density at radius 3 is 2.47 bits per heavy atom. The van der Waals surface area contributed by atoms with Crippen LogP contribution in [0.5, 0.6) is 0 Å². The molecule has 0 bridgehead atoms. The summed E-state index contributed by atoms with van der Waals surface area (Å²) in [6.07, 6.45) is 3.85. The number of nitrogens with two attached hydrogens (primary N) is 1. The lowest BCUT2D eigenvalue weighted by Gasteiger charge is -2.21. The van der Waals surface area contributed by atoms with Crippen LogP contribution in [0.2, 0.25) is 0 Å². The van der Waals surface area contributed by atoms with Crippen molar-refractivity contribution >= 4 is 11.6 Å². The molecule has 1 heterocycles. The van der Waals surface area contributed by atoms with Crippen LogP contribution < -0.4 is 10.6 Å². The number of hydrogen-bond acceptors (Lipinski definition) is 3. The zero-order chi connectivity index (χ0) is 13.7. The van der Waals surface area contributed by atoms with Crippen molar-refractivity contribution in [2.45, 2.75) is 12.5 Å². The fraction of sp³-hybridized carbons (Fsp3) is 0.200. The van der Waals surface area contributed by atoms with Gasteiger partial charge in [-0.1, -0.05) is 30.3 Å². The molecule has 0 unspecified atom stereocenters. The van der Waals surface area contributed by atoms with Gasteiger partial charge in [0.05, 0.1) is 6.04 Å². The van der Waals surface area contributed by atoms with E-state index in [1.165, 1.54) is 0 Å². The van der Waals surface area contributed by atoms with Crippen molar-refractivity contribution in [2.75, 3.05) is 11.9 Å². The molecule has 2 aromatic rings. The average Bonchev–Trinajstić information content (AvgIpc) is 2.47. The van der Waals surface area contributed by atoms with E-state index in [-0.39, 0.29) is 5.91 Å². The van der Waals surface area contributed by atoms with Crippen LogP contribution in [0.25, 0.3) is 0 Å². The van der Waals surface area contributed by atoms with Gasteiger partial charge in [0.1, 0.15) is 0 Å². The number of hydrogen-bond donors (Lipinski definition) is 1. The predicted molar refractivity (Wildman–Crippen MR) is 75.8 cm³/mol. The lowest BCUT2D eigenvalue weighted by molar-refractivity contribution is -0.119. The molecule has 0 radical (unpaired) electrons. The van der Waals surface area contributed by atoms with E-state index in [1.54, 1.807) is 36.5 Å². The predicted octanol–water partition coefficient (Wildman–Crippen LogP) is 1.61. The van der Waals surface area contributed by atoms with Gasteiger partial charge in [-0.3, -0.25) is 9.78 Å². The van der Waals surface area contributed by atoms with E-state index < -0.39 is 6.04 Å². The normalized spacial score (nSPS) is 11.9. The molecule has 0 aliphatic carbocycles. The number of aromatic nitrogens is 1. The third-order valence-electron chi connectivity index (χ3n) is 3.00. The number of carbonyl (C=O) groups excluding carboxylic acids is 1. The molecule has 1 aromatic heterocycles. The first-order valence-electron chi connectivity index (χ1n) is 6.15. The van der Waals surface area contributed by atoms with Gasteiger partial charge in [0.2, 0.25) is 5.91 Å². The summed E-state index contributed by atoms with van der Waals surface area (Å²) in [5.41, 5.74) is 7.84. The summed E-state index contributed by atoms with van der Waals surface area (Å²) in [5.74, 6) is -0.102. The highest BCUT2D eigenvalue weighted by atomic mass is 16.2. The van der Waals surface area contributed by atoms with Gasteiger partial charge < -0.3 is 10.6 Å². The number of amides is 1. The number of likely N-dealkylation sites (N-methyl/N-ethyl adjacent to an activating group) is 1. The molecule has 4 nitrogen and oxygen atoms in total. The van der Waals surface area contributed by atoms with E-state index in [0.29, 0.717) is 6.42 Å². The Hall–Kier alpha value is -2.20. The van der Waals surface area contributed by atoms with Crippen molar-refractivity contribution in [3.63, 3.8) is 0 Å². The van der Waals surface area contributed by atoms with Crippen LogP contribution >= 0.6 is 0 Å². The first-order valence-corrected chi connectivity index (χ1v) is 6.15. The van der Waals surface area contributed by atoms with Gasteiger partial charge in [0.15, 0.2) is 0 Å². The fourth-order valence-electron chi connectivity index (χ4n) is 1.90. The van der Waals surface area contributed by atoms with Crippen LogP contribution in [0, 0.1) is 0 Å². The summed E-state index contributed by atoms with van der Waals surface area (Å²) in [4.78, 5) is 17.7. The maximum absolute atomic E-state index is 12.2. The Morgan fingerprint density at radius 2 is 1.84 bits per heavy atom. The number of benzene rings is 1. The van der Waals surface area contributed by atoms with Gasteiger partial charge >= 0.3 is 0 Å². The first-order chi connectivity index (χ1) is 9.18. The molecule has 0 aliphatic rings. The zero-order valence-corrected chi connectivity index (χ0v) is 10.9. The summed E-state index contributed by atoms with van der Waals surface area (Å²) in [7, 11) is 1.72. The Bertz CT molecular complexity index is 528. The van der Waals surface area contributed by atoms with Crippen molar-refractivity contribution in [3.8, 4) is 0 Å². The summed E-state index contributed by atoms with van der Waals surface area (Å²) in [5, 5.41) is 0. The summed E-state index contributed by atoms with van der Waals surface area (Å²) in [6.45, 7) is 0. The second-order valence-corrected chi connectivity index (χ2v) is 4.40. The topological polar surface area (TPSA) is 59.2 Å². The maximum Gasteiger partial charge on any atom is 0.243 e. The molecule has 4 heteroatoms. The van der Waals surface area contributed by atoms with E-state index in [2.05, 4.69) is 4.98 Å². The fourth-order valence-corrected chi connectivity index (χ4v) is 1.90. The van der Waals surface area contributed by atoms with Crippen molar-refractivity contribution in [1.29, 1.82) is 0 Å². The molecule has 0 spiro atoms. The molecule has 19 heavy (non-hydrogen) atoms. The number of anilines is 1. The number of rotatable bonds is 4. The molecule has 2 N–H and O–H groups in total. The van der Waals surface area contributed by atoms with Crippen LogP contribution in [0.3, 0.4) is 0 Å². The zero-order valence-electron chi connectivity index (χ0n) is 10.9. The molecular weight excluding hydrogens is 238 g/mol. The van der Waals surface area contributed by atoms with E-state index in [9.17, 15) is 4.79 Å². The van der Waals surface area contributed by atoms with E-state index in [0.717, 1.165) is 11.3 Å². The van der Waals surface area contributed by atoms with Crippen LogP contribution in [-0.4, -0.2) is 24.0 Å². The SMILES string of the molecule is CN(C(=O)[C@@H](N)Cc1ccccc1)c1ccncc1. The van der Waals surface area contributed by atoms with Gasteiger partial charge in [-0.15, -0.1) is 0 Å². The molecule has 0 saturated heterocycles.